The van der Waals surface area contributed by atoms with E-state index in [1.54, 1.807) is 6.07 Å². The standard InChI is InChI=1S/C16H23FN2O2/c1-16(2)8-5-9-18-13(16)10-19-15(20)14-11(17)6-4-7-12(14)21-3/h4,6-7,13,18H,5,8-10H2,1-3H3,(H,19,20). The third-order valence-corrected chi connectivity index (χ3v) is 4.22. The second-order valence-electron chi connectivity index (χ2n) is 6.13. The van der Waals surface area contributed by atoms with Crippen molar-refractivity contribution in [3.8, 4) is 5.75 Å². The van der Waals surface area contributed by atoms with Crippen molar-refractivity contribution in [1.82, 2.24) is 10.6 Å². The molecule has 1 aromatic carbocycles. The Morgan fingerprint density at radius 1 is 1.52 bits per heavy atom. The number of hydrogen-bond acceptors (Lipinski definition) is 3. The van der Waals surface area contributed by atoms with Gasteiger partial charge in [0.1, 0.15) is 17.1 Å². The molecule has 1 unspecified atom stereocenters. The molecule has 21 heavy (non-hydrogen) atoms. The maximum Gasteiger partial charge on any atom is 0.258 e. The van der Waals surface area contributed by atoms with Crippen LogP contribution in [0.1, 0.15) is 37.0 Å². The molecule has 0 spiro atoms. The van der Waals surface area contributed by atoms with Crippen LogP contribution in [-0.2, 0) is 0 Å². The van der Waals surface area contributed by atoms with Gasteiger partial charge >= 0.3 is 0 Å². The number of benzene rings is 1. The van der Waals surface area contributed by atoms with Gasteiger partial charge in [0.15, 0.2) is 0 Å². The number of amides is 1. The Balaban J connectivity index is 2.05. The van der Waals surface area contributed by atoms with Gasteiger partial charge in [-0.05, 0) is 36.9 Å². The highest BCUT2D eigenvalue weighted by atomic mass is 19.1. The highest BCUT2D eigenvalue weighted by molar-refractivity contribution is 5.97. The van der Waals surface area contributed by atoms with Crippen LogP contribution in [0, 0.1) is 11.2 Å². The Labute approximate surface area is 125 Å². The molecule has 0 bridgehead atoms. The van der Waals surface area contributed by atoms with Crippen LogP contribution in [0.3, 0.4) is 0 Å². The Morgan fingerprint density at radius 3 is 2.95 bits per heavy atom. The number of halogens is 1. The Morgan fingerprint density at radius 2 is 2.29 bits per heavy atom. The zero-order valence-corrected chi connectivity index (χ0v) is 12.8. The van der Waals surface area contributed by atoms with E-state index < -0.39 is 11.7 Å². The average Bonchev–Trinajstić information content (AvgIpc) is 2.45. The number of carbonyl (C=O) groups is 1. The number of hydrogen-bond donors (Lipinski definition) is 2. The maximum absolute atomic E-state index is 13.8. The summed E-state index contributed by atoms with van der Waals surface area (Å²) in [4.78, 5) is 12.2. The molecule has 1 aliphatic rings. The molecule has 0 radical (unpaired) electrons. The van der Waals surface area contributed by atoms with Gasteiger partial charge in [0.05, 0.1) is 7.11 Å². The van der Waals surface area contributed by atoms with Gasteiger partial charge in [-0.2, -0.15) is 0 Å². The molecule has 0 saturated carbocycles. The van der Waals surface area contributed by atoms with Crippen LogP contribution in [0.15, 0.2) is 18.2 Å². The molecule has 0 aromatic heterocycles. The van der Waals surface area contributed by atoms with Crippen molar-refractivity contribution in [1.29, 1.82) is 0 Å². The molecule has 1 aromatic rings. The summed E-state index contributed by atoms with van der Waals surface area (Å²) in [5.74, 6) is -0.751. The Bertz CT molecular complexity index is 517. The highest BCUT2D eigenvalue weighted by Gasteiger charge is 2.32. The number of ether oxygens (including phenoxy) is 1. The molecule has 2 N–H and O–H groups in total. The monoisotopic (exact) mass is 294 g/mol. The molecule has 1 heterocycles. The lowest BCUT2D eigenvalue weighted by Gasteiger charge is -2.39. The third-order valence-electron chi connectivity index (χ3n) is 4.22. The predicted molar refractivity (Wildman–Crippen MR) is 80.1 cm³/mol. The van der Waals surface area contributed by atoms with Crippen molar-refractivity contribution >= 4 is 5.91 Å². The zero-order valence-electron chi connectivity index (χ0n) is 12.8. The Hall–Kier alpha value is -1.62. The third kappa shape index (κ3) is 3.53. The average molecular weight is 294 g/mol. The lowest BCUT2D eigenvalue weighted by Crippen LogP contribution is -2.52. The number of rotatable bonds is 4. The minimum absolute atomic E-state index is 0.0337. The van der Waals surface area contributed by atoms with Crippen LogP contribution in [0.5, 0.6) is 5.75 Å². The quantitative estimate of drug-likeness (QED) is 0.896. The van der Waals surface area contributed by atoms with Crippen molar-refractivity contribution < 1.29 is 13.9 Å². The summed E-state index contributed by atoms with van der Waals surface area (Å²) < 4.78 is 18.9. The van der Waals surface area contributed by atoms with Crippen molar-refractivity contribution in [2.24, 2.45) is 5.41 Å². The van der Waals surface area contributed by atoms with E-state index in [1.165, 1.54) is 19.2 Å². The van der Waals surface area contributed by atoms with Crippen LogP contribution in [-0.4, -0.2) is 32.1 Å². The first-order valence-electron chi connectivity index (χ1n) is 7.30. The molecule has 5 heteroatoms. The summed E-state index contributed by atoms with van der Waals surface area (Å²) in [6, 6.07) is 4.56. The van der Waals surface area contributed by atoms with Gasteiger partial charge in [-0.15, -0.1) is 0 Å². The molecule has 1 saturated heterocycles. The molecule has 116 valence electrons. The number of piperidine rings is 1. The fourth-order valence-corrected chi connectivity index (χ4v) is 2.80. The summed E-state index contributed by atoms with van der Waals surface area (Å²) in [6.45, 7) is 5.79. The smallest absolute Gasteiger partial charge is 0.258 e. The van der Waals surface area contributed by atoms with Gasteiger partial charge in [-0.1, -0.05) is 19.9 Å². The molecule has 1 fully saturated rings. The van der Waals surface area contributed by atoms with Gasteiger partial charge in [-0.25, -0.2) is 4.39 Å². The maximum atomic E-state index is 13.8. The van der Waals surface area contributed by atoms with Crippen LogP contribution in [0.4, 0.5) is 4.39 Å². The topological polar surface area (TPSA) is 50.4 Å². The molecular formula is C16H23FN2O2. The fourth-order valence-electron chi connectivity index (χ4n) is 2.80. The SMILES string of the molecule is COc1cccc(F)c1C(=O)NCC1NCCCC1(C)C. The molecule has 2 rings (SSSR count). The first kappa shape index (κ1) is 15.8. The van der Waals surface area contributed by atoms with E-state index in [-0.39, 0.29) is 22.8 Å². The van der Waals surface area contributed by atoms with Crippen molar-refractivity contribution in [2.75, 3.05) is 20.2 Å². The molecule has 0 aliphatic carbocycles. The molecule has 4 nitrogen and oxygen atoms in total. The van der Waals surface area contributed by atoms with Crippen LogP contribution in [0.2, 0.25) is 0 Å². The fraction of sp³-hybridized carbons (Fsp3) is 0.562. The van der Waals surface area contributed by atoms with Gasteiger partial charge < -0.3 is 15.4 Å². The summed E-state index contributed by atoms with van der Waals surface area (Å²) in [6.07, 6.45) is 2.25. The number of carbonyl (C=O) groups excluding carboxylic acids is 1. The van der Waals surface area contributed by atoms with Gasteiger partial charge in [0.2, 0.25) is 0 Å². The van der Waals surface area contributed by atoms with Crippen LogP contribution in [0.25, 0.3) is 0 Å². The molecular weight excluding hydrogens is 271 g/mol. The first-order chi connectivity index (χ1) is 9.95. The second kappa shape index (κ2) is 6.43. The molecule has 1 aliphatic heterocycles. The summed E-state index contributed by atoms with van der Waals surface area (Å²) in [7, 11) is 1.43. The summed E-state index contributed by atoms with van der Waals surface area (Å²) in [5.41, 5.74) is 0.0822. The van der Waals surface area contributed by atoms with E-state index in [2.05, 4.69) is 24.5 Å². The van der Waals surface area contributed by atoms with Crippen LogP contribution >= 0.6 is 0 Å². The minimum Gasteiger partial charge on any atom is -0.496 e. The van der Waals surface area contributed by atoms with Crippen LogP contribution < -0.4 is 15.4 Å². The van der Waals surface area contributed by atoms with E-state index in [1.807, 2.05) is 0 Å². The van der Waals surface area contributed by atoms with E-state index in [0.29, 0.717) is 6.54 Å². The highest BCUT2D eigenvalue weighted by Crippen LogP contribution is 2.29. The van der Waals surface area contributed by atoms with Gasteiger partial charge in [-0.3, -0.25) is 4.79 Å². The van der Waals surface area contributed by atoms with Crippen molar-refractivity contribution in [2.45, 2.75) is 32.7 Å². The predicted octanol–water partition coefficient (Wildman–Crippen LogP) is 2.34. The minimum atomic E-state index is -0.567. The molecule has 1 atom stereocenters. The van der Waals surface area contributed by atoms with E-state index in [9.17, 15) is 9.18 Å². The lowest BCUT2D eigenvalue weighted by molar-refractivity contribution is 0.0921. The van der Waals surface area contributed by atoms with Gasteiger partial charge in [0, 0.05) is 12.6 Å². The lowest BCUT2D eigenvalue weighted by atomic mass is 9.77. The van der Waals surface area contributed by atoms with E-state index >= 15 is 0 Å². The number of nitrogens with one attached hydrogen (secondary N) is 2. The molecule has 1 amide bonds. The van der Waals surface area contributed by atoms with Gasteiger partial charge in [0.25, 0.3) is 5.91 Å². The normalized spacial score (nSPS) is 20.9. The second-order valence-corrected chi connectivity index (χ2v) is 6.13. The van der Waals surface area contributed by atoms with E-state index in [4.69, 9.17) is 4.74 Å². The number of methoxy groups -OCH3 is 1. The first-order valence-corrected chi connectivity index (χ1v) is 7.30. The Kier molecular flexibility index (Phi) is 4.83. The zero-order chi connectivity index (χ0) is 15.5. The van der Waals surface area contributed by atoms with Crippen molar-refractivity contribution in [3.05, 3.63) is 29.6 Å². The largest absolute Gasteiger partial charge is 0.496 e. The summed E-state index contributed by atoms with van der Waals surface area (Å²) >= 11 is 0. The van der Waals surface area contributed by atoms with Crippen molar-refractivity contribution in [3.63, 3.8) is 0 Å². The summed E-state index contributed by atoms with van der Waals surface area (Å²) in [5, 5.41) is 6.24. The van der Waals surface area contributed by atoms with E-state index in [0.717, 1.165) is 19.4 Å².